The maximum atomic E-state index is 11.5. The number of H-pyrrole nitrogens is 1. The number of allylic oxidation sites excluding steroid dienone is 2. The molecule has 1 aliphatic rings. The number of para-hydroxylation sites is 1. The number of amides is 2. The minimum atomic E-state index is -0.197. The first kappa shape index (κ1) is 21.4. The molecule has 3 rings (SSSR count). The Morgan fingerprint density at radius 2 is 1.82 bits per heavy atom. The number of nitrogens with one attached hydrogen (secondary N) is 3. The van der Waals surface area contributed by atoms with E-state index in [0.29, 0.717) is 5.56 Å². The number of anilines is 1. The van der Waals surface area contributed by atoms with Gasteiger partial charge < -0.3 is 10.6 Å². The van der Waals surface area contributed by atoms with Gasteiger partial charge in [-0.2, -0.15) is 16.9 Å². The number of carbonyl (C=O) groups excluding carboxylic acids is 3. The van der Waals surface area contributed by atoms with Crippen molar-refractivity contribution in [3.05, 3.63) is 59.9 Å². The van der Waals surface area contributed by atoms with E-state index >= 15 is 0 Å². The van der Waals surface area contributed by atoms with Gasteiger partial charge in [-0.05, 0) is 49.1 Å². The van der Waals surface area contributed by atoms with E-state index in [9.17, 15) is 14.4 Å². The molecule has 0 saturated carbocycles. The van der Waals surface area contributed by atoms with Crippen molar-refractivity contribution in [1.82, 2.24) is 15.5 Å². The first-order valence-corrected chi connectivity index (χ1v) is 10.4. The second kappa shape index (κ2) is 11.8. The van der Waals surface area contributed by atoms with Crippen molar-refractivity contribution in [3.63, 3.8) is 0 Å². The summed E-state index contributed by atoms with van der Waals surface area (Å²) in [5.74, 6) is 0.835. The van der Waals surface area contributed by atoms with E-state index in [4.69, 9.17) is 0 Å². The van der Waals surface area contributed by atoms with Crippen molar-refractivity contribution >= 4 is 35.0 Å². The second-order valence-electron chi connectivity index (χ2n) is 6.02. The number of hydrogen-bond acceptors (Lipinski definition) is 5. The average Bonchev–Trinajstić information content (AvgIpc) is 3.20. The Kier molecular flexibility index (Phi) is 9.00. The number of aromatic nitrogens is 2. The lowest BCUT2D eigenvalue weighted by atomic mass is 10.0. The van der Waals surface area contributed by atoms with E-state index in [1.807, 2.05) is 42.1 Å². The minimum Gasteiger partial charge on any atom is -0.338 e. The molecular weight excluding hydrogens is 376 g/mol. The zero-order valence-electron chi connectivity index (χ0n) is 15.7. The smallest absolute Gasteiger partial charge is 0.319 e. The van der Waals surface area contributed by atoms with Crippen LogP contribution < -0.4 is 10.6 Å². The van der Waals surface area contributed by atoms with Gasteiger partial charge in [-0.25, -0.2) is 4.79 Å². The first-order valence-electron chi connectivity index (χ1n) is 9.00. The highest BCUT2D eigenvalue weighted by atomic mass is 32.2. The summed E-state index contributed by atoms with van der Waals surface area (Å²) in [4.78, 5) is 33.5. The Morgan fingerprint density at radius 1 is 1.07 bits per heavy atom. The number of aromatic amines is 1. The number of urea groups is 1. The SMILES string of the molecule is CSCCCCCNC(=O)Nc1ccccc1.O=C1C=CC(=O)c2[nH]ncc21. The van der Waals surface area contributed by atoms with Crippen LogP contribution >= 0.6 is 11.8 Å². The van der Waals surface area contributed by atoms with E-state index < -0.39 is 0 Å². The minimum absolute atomic E-state index is 0.124. The van der Waals surface area contributed by atoms with Crippen LogP contribution in [0.4, 0.5) is 10.5 Å². The van der Waals surface area contributed by atoms with Crippen LogP contribution in [0.5, 0.6) is 0 Å². The molecule has 28 heavy (non-hydrogen) atoms. The Morgan fingerprint density at radius 3 is 2.54 bits per heavy atom. The number of hydrogen-bond donors (Lipinski definition) is 3. The lowest BCUT2D eigenvalue weighted by Crippen LogP contribution is -2.29. The van der Waals surface area contributed by atoms with Crippen LogP contribution in [0.15, 0.2) is 48.7 Å². The van der Waals surface area contributed by atoms with Crippen molar-refractivity contribution < 1.29 is 14.4 Å². The Balaban J connectivity index is 0.000000218. The normalized spacial score (nSPS) is 12.0. The van der Waals surface area contributed by atoms with Crippen LogP contribution in [0.3, 0.4) is 0 Å². The second-order valence-corrected chi connectivity index (χ2v) is 7.01. The molecule has 1 aromatic heterocycles. The summed E-state index contributed by atoms with van der Waals surface area (Å²) in [6, 6.07) is 9.35. The highest BCUT2D eigenvalue weighted by molar-refractivity contribution is 7.98. The summed E-state index contributed by atoms with van der Waals surface area (Å²) in [5, 5.41) is 11.7. The molecular formula is C20H24N4O3S. The van der Waals surface area contributed by atoms with E-state index in [2.05, 4.69) is 27.1 Å². The third-order valence-electron chi connectivity index (χ3n) is 3.88. The van der Waals surface area contributed by atoms with Gasteiger partial charge in [0.25, 0.3) is 0 Å². The van der Waals surface area contributed by atoms with E-state index in [0.717, 1.165) is 18.7 Å². The number of nitrogens with zero attached hydrogens (tertiary/aromatic N) is 1. The lowest BCUT2D eigenvalue weighted by molar-refractivity contribution is 0.0992. The third-order valence-corrected chi connectivity index (χ3v) is 4.58. The van der Waals surface area contributed by atoms with Gasteiger partial charge in [0.1, 0.15) is 5.69 Å². The molecule has 0 aliphatic heterocycles. The zero-order chi connectivity index (χ0) is 20.2. The first-order chi connectivity index (χ1) is 13.6. The van der Waals surface area contributed by atoms with Crippen molar-refractivity contribution in [2.24, 2.45) is 0 Å². The van der Waals surface area contributed by atoms with Crippen LogP contribution in [-0.2, 0) is 0 Å². The molecule has 2 amide bonds. The summed E-state index contributed by atoms with van der Waals surface area (Å²) < 4.78 is 0. The lowest BCUT2D eigenvalue weighted by Gasteiger charge is -2.07. The molecule has 0 atom stereocenters. The van der Waals surface area contributed by atoms with Gasteiger partial charge in [0.2, 0.25) is 5.78 Å². The Bertz CT molecular complexity index is 785. The van der Waals surface area contributed by atoms with Crippen molar-refractivity contribution in [3.8, 4) is 0 Å². The molecule has 0 radical (unpaired) electrons. The molecule has 8 heteroatoms. The zero-order valence-corrected chi connectivity index (χ0v) is 16.6. The molecule has 0 saturated heterocycles. The van der Waals surface area contributed by atoms with Gasteiger partial charge in [-0.1, -0.05) is 24.6 Å². The molecule has 1 aliphatic carbocycles. The molecule has 0 unspecified atom stereocenters. The van der Waals surface area contributed by atoms with Crippen LogP contribution in [0, 0.1) is 0 Å². The van der Waals surface area contributed by atoms with Crippen molar-refractivity contribution in [2.45, 2.75) is 19.3 Å². The molecule has 0 bridgehead atoms. The Hall–Kier alpha value is -2.87. The van der Waals surface area contributed by atoms with E-state index in [1.165, 1.54) is 36.9 Å². The fraction of sp³-hybridized carbons (Fsp3) is 0.300. The van der Waals surface area contributed by atoms with Crippen LogP contribution in [0.25, 0.3) is 0 Å². The third kappa shape index (κ3) is 7.03. The number of ketones is 2. The fourth-order valence-corrected chi connectivity index (χ4v) is 2.92. The Labute approximate surface area is 168 Å². The van der Waals surface area contributed by atoms with Crippen LogP contribution in [0.1, 0.15) is 40.1 Å². The van der Waals surface area contributed by atoms with E-state index in [-0.39, 0.29) is 23.3 Å². The average molecular weight is 401 g/mol. The number of carbonyl (C=O) groups is 3. The number of thioether (sulfide) groups is 1. The van der Waals surface area contributed by atoms with E-state index in [1.54, 1.807) is 0 Å². The number of rotatable bonds is 7. The molecule has 2 aromatic rings. The highest BCUT2D eigenvalue weighted by Gasteiger charge is 2.20. The molecule has 148 valence electrons. The van der Waals surface area contributed by atoms with Crippen LogP contribution in [-0.4, -0.2) is 46.3 Å². The van der Waals surface area contributed by atoms with Gasteiger partial charge in [0.05, 0.1) is 11.8 Å². The summed E-state index contributed by atoms with van der Waals surface area (Å²) in [6.45, 7) is 0.743. The summed E-state index contributed by atoms with van der Waals surface area (Å²) in [5.41, 5.74) is 1.47. The maximum absolute atomic E-state index is 11.5. The predicted molar refractivity (Wildman–Crippen MR) is 112 cm³/mol. The standard InChI is InChI=1S/C13H20N2OS.C7H4N2O2/c1-17-11-7-3-6-10-14-13(16)15-12-8-4-2-5-9-12;10-5-1-2-6(11)7-4(5)3-8-9-7/h2,4-5,8-9H,3,6-7,10-11H2,1H3,(H2,14,15,16);1-3H,(H,8,9). The fourth-order valence-electron chi connectivity index (χ4n) is 2.43. The summed E-state index contributed by atoms with van der Waals surface area (Å²) in [6.07, 6.45) is 9.41. The monoisotopic (exact) mass is 400 g/mol. The van der Waals surface area contributed by atoms with Crippen molar-refractivity contribution in [2.75, 3.05) is 23.9 Å². The molecule has 7 nitrogen and oxygen atoms in total. The predicted octanol–water partition coefficient (Wildman–Crippen LogP) is 3.69. The van der Waals surface area contributed by atoms with Gasteiger partial charge >= 0.3 is 6.03 Å². The summed E-state index contributed by atoms with van der Waals surface area (Å²) >= 11 is 1.87. The van der Waals surface area contributed by atoms with Gasteiger partial charge in [0.15, 0.2) is 5.78 Å². The summed E-state index contributed by atoms with van der Waals surface area (Å²) in [7, 11) is 0. The molecule has 0 spiro atoms. The van der Waals surface area contributed by atoms with Crippen LogP contribution in [0.2, 0.25) is 0 Å². The molecule has 1 aromatic carbocycles. The quantitative estimate of drug-likeness (QED) is 0.615. The van der Waals surface area contributed by atoms with Gasteiger partial charge in [-0.3, -0.25) is 14.7 Å². The molecule has 0 fully saturated rings. The highest BCUT2D eigenvalue weighted by Crippen LogP contribution is 2.12. The molecule has 1 heterocycles. The largest absolute Gasteiger partial charge is 0.338 e. The number of fused-ring (bicyclic) bond motifs is 1. The van der Waals surface area contributed by atoms with Gasteiger partial charge in [0, 0.05) is 12.2 Å². The maximum Gasteiger partial charge on any atom is 0.319 e. The number of benzene rings is 1. The van der Waals surface area contributed by atoms with Crippen molar-refractivity contribution in [1.29, 1.82) is 0 Å². The van der Waals surface area contributed by atoms with Gasteiger partial charge in [-0.15, -0.1) is 0 Å². The number of unbranched alkanes of at least 4 members (excludes halogenated alkanes) is 2. The molecule has 3 N–H and O–H groups in total. The topological polar surface area (TPSA) is 104 Å².